The van der Waals surface area contributed by atoms with Crippen LogP contribution in [0.1, 0.15) is 32.1 Å². The molecule has 4 aliphatic carbocycles. The summed E-state index contributed by atoms with van der Waals surface area (Å²) in [4.78, 5) is 0. The molecule has 0 spiro atoms. The van der Waals surface area contributed by atoms with Gasteiger partial charge in [-0.2, -0.15) is 5.10 Å². The van der Waals surface area contributed by atoms with Crippen molar-refractivity contribution >= 4 is 5.82 Å². The first-order chi connectivity index (χ1) is 8.29. The van der Waals surface area contributed by atoms with Crippen molar-refractivity contribution in [2.75, 3.05) is 5.73 Å². The topological polar surface area (TPSA) is 43.8 Å². The first-order valence-electron chi connectivity index (χ1n) is 7.07. The Kier molecular flexibility index (Phi) is 2.06. The molecule has 4 fully saturated rings. The van der Waals surface area contributed by atoms with E-state index in [2.05, 4.69) is 5.10 Å². The molecular weight excluding hydrogens is 210 g/mol. The van der Waals surface area contributed by atoms with Crippen LogP contribution in [0.15, 0.2) is 12.3 Å². The van der Waals surface area contributed by atoms with E-state index in [0.717, 1.165) is 42.0 Å². The second-order valence-corrected chi connectivity index (χ2v) is 6.53. The van der Waals surface area contributed by atoms with E-state index in [4.69, 9.17) is 5.73 Å². The van der Waals surface area contributed by atoms with Crippen LogP contribution in [0.4, 0.5) is 5.82 Å². The van der Waals surface area contributed by atoms with Gasteiger partial charge in [0.25, 0.3) is 0 Å². The molecule has 1 aromatic heterocycles. The lowest BCUT2D eigenvalue weighted by atomic mass is 9.52. The third-order valence-corrected chi connectivity index (χ3v) is 5.56. The van der Waals surface area contributed by atoms with E-state index in [0.29, 0.717) is 0 Å². The molecule has 4 saturated carbocycles. The summed E-state index contributed by atoms with van der Waals surface area (Å²) in [5.41, 5.74) is 5.94. The minimum Gasteiger partial charge on any atom is -0.384 e. The molecule has 5 rings (SSSR count). The molecule has 0 aliphatic heterocycles. The average Bonchev–Trinajstić information content (AvgIpc) is 2.68. The van der Waals surface area contributed by atoms with E-state index in [1.54, 1.807) is 0 Å². The Balaban J connectivity index is 1.57. The van der Waals surface area contributed by atoms with Crippen LogP contribution in [0.2, 0.25) is 0 Å². The Morgan fingerprint density at radius 1 is 1.12 bits per heavy atom. The Morgan fingerprint density at radius 2 is 1.76 bits per heavy atom. The standard InChI is InChI=1S/C14H21N3/c15-14-1-2-16-17(14)8-13-11-4-9-3-10(6-11)7-12(13)5-9/h1-2,9-13H,3-8,15H2. The van der Waals surface area contributed by atoms with Crippen LogP contribution in [-0.2, 0) is 6.54 Å². The Hall–Kier alpha value is -0.990. The molecule has 0 amide bonds. The summed E-state index contributed by atoms with van der Waals surface area (Å²) < 4.78 is 2.02. The third kappa shape index (κ3) is 1.51. The van der Waals surface area contributed by atoms with Gasteiger partial charge in [-0.05, 0) is 67.8 Å². The largest absolute Gasteiger partial charge is 0.384 e. The van der Waals surface area contributed by atoms with Crippen LogP contribution in [0, 0.1) is 29.6 Å². The first kappa shape index (κ1) is 9.98. The summed E-state index contributed by atoms with van der Waals surface area (Å²) in [5.74, 6) is 5.74. The van der Waals surface area contributed by atoms with Crippen molar-refractivity contribution in [1.82, 2.24) is 9.78 Å². The van der Waals surface area contributed by atoms with Crippen molar-refractivity contribution in [3.63, 3.8) is 0 Å². The van der Waals surface area contributed by atoms with Crippen LogP contribution >= 0.6 is 0 Å². The second kappa shape index (κ2) is 3.50. The number of rotatable bonds is 2. The molecule has 17 heavy (non-hydrogen) atoms. The minimum absolute atomic E-state index is 0.832. The molecule has 1 heterocycles. The quantitative estimate of drug-likeness (QED) is 0.850. The van der Waals surface area contributed by atoms with E-state index in [9.17, 15) is 0 Å². The molecule has 0 saturated heterocycles. The molecule has 0 aromatic carbocycles. The summed E-state index contributed by atoms with van der Waals surface area (Å²) in [5, 5.41) is 4.36. The van der Waals surface area contributed by atoms with E-state index >= 15 is 0 Å². The molecule has 0 unspecified atom stereocenters. The molecule has 3 nitrogen and oxygen atoms in total. The molecule has 4 bridgehead atoms. The SMILES string of the molecule is Nc1ccnn1CC1C2CC3CC(C2)CC1C3. The molecule has 2 N–H and O–H groups in total. The average molecular weight is 231 g/mol. The molecule has 4 aliphatic rings. The van der Waals surface area contributed by atoms with Crippen LogP contribution in [0.25, 0.3) is 0 Å². The van der Waals surface area contributed by atoms with Gasteiger partial charge in [-0.25, -0.2) is 4.68 Å². The lowest BCUT2D eigenvalue weighted by molar-refractivity contribution is -0.0440. The van der Waals surface area contributed by atoms with Crippen LogP contribution in [0.3, 0.4) is 0 Å². The number of anilines is 1. The Labute approximate surface area is 102 Å². The van der Waals surface area contributed by atoms with Crippen LogP contribution < -0.4 is 5.73 Å². The molecular formula is C14H21N3. The fraction of sp³-hybridized carbons (Fsp3) is 0.786. The summed E-state index contributed by atoms with van der Waals surface area (Å²) in [6.07, 6.45) is 9.30. The smallest absolute Gasteiger partial charge is 0.121 e. The van der Waals surface area contributed by atoms with Gasteiger partial charge in [0.2, 0.25) is 0 Å². The monoisotopic (exact) mass is 231 g/mol. The lowest BCUT2D eigenvalue weighted by Crippen LogP contribution is -2.46. The van der Waals surface area contributed by atoms with E-state index in [-0.39, 0.29) is 0 Å². The maximum absolute atomic E-state index is 5.94. The fourth-order valence-corrected chi connectivity index (χ4v) is 5.03. The highest BCUT2D eigenvalue weighted by Gasteiger charge is 2.48. The molecule has 3 heteroatoms. The van der Waals surface area contributed by atoms with Crippen molar-refractivity contribution in [3.05, 3.63) is 12.3 Å². The number of nitrogens with two attached hydrogens (primary N) is 1. The van der Waals surface area contributed by atoms with Crippen molar-refractivity contribution in [2.24, 2.45) is 29.6 Å². The molecule has 1 aromatic rings. The first-order valence-corrected chi connectivity index (χ1v) is 7.07. The van der Waals surface area contributed by atoms with Crippen molar-refractivity contribution in [3.8, 4) is 0 Å². The van der Waals surface area contributed by atoms with Gasteiger partial charge in [0.05, 0.1) is 6.20 Å². The van der Waals surface area contributed by atoms with Gasteiger partial charge < -0.3 is 5.73 Å². The van der Waals surface area contributed by atoms with Crippen molar-refractivity contribution in [2.45, 2.75) is 38.6 Å². The van der Waals surface area contributed by atoms with Crippen LogP contribution in [-0.4, -0.2) is 9.78 Å². The summed E-state index contributed by atoms with van der Waals surface area (Å²) in [6.45, 7) is 1.06. The number of hydrogen-bond donors (Lipinski definition) is 1. The van der Waals surface area contributed by atoms with E-state index in [1.165, 1.54) is 32.1 Å². The molecule has 0 radical (unpaired) electrons. The van der Waals surface area contributed by atoms with Crippen LogP contribution in [0.5, 0.6) is 0 Å². The highest BCUT2D eigenvalue weighted by molar-refractivity contribution is 5.25. The zero-order valence-corrected chi connectivity index (χ0v) is 10.3. The summed E-state index contributed by atoms with van der Waals surface area (Å²) in [6, 6.07) is 1.91. The summed E-state index contributed by atoms with van der Waals surface area (Å²) >= 11 is 0. The maximum atomic E-state index is 5.94. The Bertz CT molecular complexity index is 395. The molecule has 92 valence electrons. The predicted molar refractivity (Wildman–Crippen MR) is 67.2 cm³/mol. The lowest BCUT2D eigenvalue weighted by Gasteiger charge is -2.54. The highest BCUT2D eigenvalue weighted by atomic mass is 15.3. The van der Waals surface area contributed by atoms with Gasteiger partial charge >= 0.3 is 0 Å². The number of hydrogen-bond acceptors (Lipinski definition) is 2. The van der Waals surface area contributed by atoms with E-state index in [1.807, 2.05) is 16.9 Å². The minimum atomic E-state index is 0.832. The fourth-order valence-electron chi connectivity index (χ4n) is 5.03. The van der Waals surface area contributed by atoms with Gasteiger partial charge in [-0.3, -0.25) is 0 Å². The zero-order valence-electron chi connectivity index (χ0n) is 10.3. The summed E-state index contributed by atoms with van der Waals surface area (Å²) in [7, 11) is 0. The normalized spacial score (nSPS) is 43.2. The Morgan fingerprint density at radius 3 is 2.29 bits per heavy atom. The number of aromatic nitrogens is 2. The zero-order chi connectivity index (χ0) is 11.4. The predicted octanol–water partition coefficient (Wildman–Crippen LogP) is 2.54. The number of nitrogen functional groups attached to an aromatic ring is 1. The van der Waals surface area contributed by atoms with Crippen molar-refractivity contribution in [1.29, 1.82) is 0 Å². The van der Waals surface area contributed by atoms with Gasteiger partial charge in [0, 0.05) is 6.54 Å². The van der Waals surface area contributed by atoms with Gasteiger partial charge in [0.15, 0.2) is 0 Å². The number of nitrogens with zero attached hydrogens (tertiary/aromatic N) is 2. The van der Waals surface area contributed by atoms with E-state index < -0.39 is 0 Å². The second-order valence-electron chi connectivity index (χ2n) is 6.53. The van der Waals surface area contributed by atoms with Crippen molar-refractivity contribution < 1.29 is 0 Å². The maximum Gasteiger partial charge on any atom is 0.121 e. The van der Waals surface area contributed by atoms with Gasteiger partial charge in [0.1, 0.15) is 5.82 Å². The van der Waals surface area contributed by atoms with Gasteiger partial charge in [-0.1, -0.05) is 0 Å². The van der Waals surface area contributed by atoms with Gasteiger partial charge in [-0.15, -0.1) is 0 Å². The highest BCUT2D eigenvalue weighted by Crippen LogP contribution is 2.56. The third-order valence-electron chi connectivity index (χ3n) is 5.56. The molecule has 0 atom stereocenters.